The lowest BCUT2D eigenvalue weighted by Gasteiger charge is -2.16. The van der Waals surface area contributed by atoms with Gasteiger partial charge in [0.2, 0.25) is 0 Å². The van der Waals surface area contributed by atoms with Gasteiger partial charge in [0, 0.05) is 5.56 Å². The zero-order valence-corrected chi connectivity index (χ0v) is 10.8. The molecule has 2 aromatic carbocycles. The SMILES string of the molecule is CC(Nc1cccc(N)c1[N+](=O)[O-])c1ccccc1F. The van der Waals surface area contributed by atoms with E-state index in [9.17, 15) is 14.5 Å². The van der Waals surface area contributed by atoms with Crippen molar-refractivity contribution in [2.45, 2.75) is 13.0 Å². The van der Waals surface area contributed by atoms with Gasteiger partial charge in [-0.05, 0) is 25.1 Å². The number of rotatable bonds is 4. The molecule has 0 radical (unpaired) electrons. The van der Waals surface area contributed by atoms with E-state index in [4.69, 9.17) is 5.73 Å². The number of nitrogen functional groups attached to an aromatic ring is 1. The summed E-state index contributed by atoms with van der Waals surface area (Å²) in [5.41, 5.74) is 6.19. The molecule has 104 valence electrons. The van der Waals surface area contributed by atoms with Crippen molar-refractivity contribution < 1.29 is 9.31 Å². The van der Waals surface area contributed by atoms with Gasteiger partial charge in [0.05, 0.1) is 11.0 Å². The number of halogens is 1. The molecule has 6 heteroatoms. The number of hydrogen-bond donors (Lipinski definition) is 2. The van der Waals surface area contributed by atoms with Gasteiger partial charge in [-0.15, -0.1) is 0 Å². The molecule has 0 aliphatic rings. The van der Waals surface area contributed by atoms with Gasteiger partial charge in [0.25, 0.3) is 0 Å². The molecule has 2 rings (SSSR count). The Labute approximate surface area is 115 Å². The molecule has 0 saturated carbocycles. The monoisotopic (exact) mass is 275 g/mol. The molecule has 0 aliphatic carbocycles. The summed E-state index contributed by atoms with van der Waals surface area (Å²) in [5, 5.41) is 14.0. The van der Waals surface area contributed by atoms with E-state index in [2.05, 4.69) is 5.32 Å². The predicted octanol–water partition coefficient (Wildman–Crippen LogP) is 3.49. The second kappa shape index (κ2) is 5.56. The Morgan fingerprint density at radius 3 is 2.60 bits per heavy atom. The first-order chi connectivity index (χ1) is 9.50. The lowest BCUT2D eigenvalue weighted by molar-refractivity contribution is -0.383. The summed E-state index contributed by atoms with van der Waals surface area (Å²) in [6, 6.07) is 10.5. The molecule has 5 nitrogen and oxygen atoms in total. The minimum atomic E-state index is -0.550. The highest BCUT2D eigenvalue weighted by atomic mass is 19.1. The van der Waals surface area contributed by atoms with Gasteiger partial charge in [-0.25, -0.2) is 4.39 Å². The van der Waals surface area contributed by atoms with Gasteiger partial charge in [-0.1, -0.05) is 24.3 Å². The second-order valence-electron chi connectivity index (χ2n) is 4.39. The van der Waals surface area contributed by atoms with E-state index in [1.165, 1.54) is 12.1 Å². The highest BCUT2D eigenvalue weighted by Gasteiger charge is 2.20. The Kier molecular flexibility index (Phi) is 3.84. The van der Waals surface area contributed by atoms with Crippen molar-refractivity contribution in [2.24, 2.45) is 0 Å². The summed E-state index contributed by atoms with van der Waals surface area (Å²) in [7, 11) is 0. The van der Waals surface area contributed by atoms with Crippen LogP contribution in [0.3, 0.4) is 0 Å². The summed E-state index contributed by atoms with van der Waals surface area (Å²) in [5.74, 6) is -0.362. The van der Waals surface area contributed by atoms with E-state index in [0.717, 1.165) is 0 Å². The van der Waals surface area contributed by atoms with Crippen LogP contribution in [0.5, 0.6) is 0 Å². The van der Waals surface area contributed by atoms with Gasteiger partial charge in [-0.3, -0.25) is 10.1 Å². The van der Waals surface area contributed by atoms with E-state index < -0.39 is 11.0 Å². The number of nitrogens with two attached hydrogens (primary N) is 1. The zero-order valence-electron chi connectivity index (χ0n) is 10.8. The molecule has 20 heavy (non-hydrogen) atoms. The molecule has 0 amide bonds. The molecule has 0 fully saturated rings. The van der Waals surface area contributed by atoms with Gasteiger partial charge < -0.3 is 11.1 Å². The molecule has 2 aromatic rings. The fourth-order valence-corrected chi connectivity index (χ4v) is 2.02. The third kappa shape index (κ3) is 2.69. The van der Waals surface area contributed by atoms with Crippen LogP contribution in [-0.4, -0.2) is 4.92 Å². The highest BCUT2D eigenvalue weighted by molar-refractivity contribution is 5.74. The molecule has 0 aromatic heterocycles. The van der Waals surface area contributed by atoms with Crippen LogP contribution in [0.25, 0.3) is 0 Å². The fourth-order valence-electron chi connectivity index (χ4n) is 2.02. The molecule has 0 bridgehead atoms. The Bertz CT molecular complexity index is 646. The van der Waals surface area contributed by atoms with Crippen LogP contribution < -0.4 is 11.1 Å². The van der Waals surface area contributed by atoms with Crippen molar-refractivity contribution in [1.29, 1.82) is 0 Å². The van der Waals surface area contributed by atoms with E-state index in [1.54, 1.807) is 37.3 Å². The fraction of sp³-hybridized carbons (Fsp3) is 0.143. The maximum absolute atomic E-state index is 13.7. The van der Waals surface area contributed by atoms with Crippen molar-refractivity contribution in [3.63, 3.8) is 0 Å². The highest BCUT2D eigenvalue weighted by Crippen LogP contribution is 2.33. The number of nitrogens with one attached hydrogen (secondary N) is 1. The predicted molar refractivity (Wildman–Crippen MR) is 75.9 cm³/mol. The number of hydrogen-bond acceptors (Lipinski definition) is 4. The van der Waals surface area contributed by atoms with E-state index in [-0.39, 0.29) is 22.9 Å². The third-order valence-electron chi connectivity index (χ3n) is 2.99. The average Bonchev–Trinajstić information content (AvgIpc) is 2.38. The van der Waals surface area contributed by atoms with Crippen LogP contribution in [0.1, 0.15) is 18.5 Å². The molecule has 0 aliphatic heterocycles. The maximum atomic E-state index is 13.7. The van der Waals surface area contributed by atoms with Gasteiger partial charge in [-0.2, -0.15) is 0 Å². The standard InChI is InChI=1S/C14H14FN3O2/c1-9(10-5-2-3-6-11(10)15)17-13-8-4-7-12(16)14(13)18(19)20/h2-9,17H,16H2,1H3. The largest absolute Gasteiger partial charge is 0.393 e. The number of nitro groups is 1. The van der Waals surface area contributed by atoms with Crippen molar-refractivity contribution in [1.82, 2.24) is 0 Å². The first kappa shape index (κ1) is 13.8. The molecular weight excluding hydrogens is 261 g/mol. The smallest absolute Gasteiger partial charge is 0.314 e. The minimum Gasteiger partial charge on any atom is -0.393 e. The molecule has 0 heterocycles. The first-order valence-corrected chi connectivity index (χ1v) is 6.04. The van der Waals surface area contributed by atoms with Gasteiger partial charge >= 0.3 is 5.69 Å². The number of nitro benzene ring substituents is 1. The lowest BCUT2D eigenvalue weighted by Crippen LogP contribution is -2.10. The Balaban J connectivity index is 2.33. The molecule has 0 saturated heterocycles. The summed E-state index contributed by atoms with van der Waals surface area (Å²) >= 11 is 0. The first-order valence-electron chi connectivity index (χ1n) is 6.04. The third-order valence-corrected chi connectivity index (χ3v) is 2.99. The summed E-state index contributed by atoms with van der Waals surface area (Å²) < 4.78 is 13.7. The summed E-state index contributed by atoms with van der Waals surface area (Å²) in [6.45, 7) is 1.73. The summed E-state index contributed by atoms with van der Waals surface area (Å²) in [4.78, 5) is 10.5. The Morgan fingerprint density at radius 1 is 1.25 bits per heavy atom. The molecule has 3 N–H and O–H groups in total. The lowest BCUT2D eigenvalue weighted by atomic mass is 10.1. The van der Waals surface area contributed by atoms with Crippen LogP contribution in [0.4, 0.5) is 21.5 Å². The Hall–Kier alpha value is -2.63. The second-order valence-corrected chi connectivity index (χ2v) is 4.39. The van der Waals surface area contributed by atoms with Crippen molar-refractivity contribution in [3.8, 4) is 0 Å². The van der Waals surface area contributed by atoms with Crippen LogP contribution >= 0.6 is 0 Å². The van der Waals surface area contributed by atoms with Crippen molar-refractivity contribution >= 4 is 17.1 Å². The number of benzene rings is 2. The molecule has 0 spiro atoms. The average molecular weight is 275 g/mol. The number of para-hydroxylation sites is 1. The topological polar surface area (TPSA) is 81.2 Å². The minimum absolute atomic E-state index is 0.0701. The van der Waals surface area contributed by atoms with Crippen LogP contribution in [0.2, 0.25) is 0 Å². The number of nitrogens with zero attached hydrogens (tertiary/aromatic N) is 1. The number of anilines is 2. The molecule has 1 atom stereocenters. The quantitative estimate of drug-likeness (QED) is 0.508. The van der Waals surface area contributed by atoms with Gasteiger partial charge in [0.1, 0.15) is 17.2 Å². The van der Waals surface area contributed by atoms with E-state index >= 15 is 0 Å². The van der Waals surface area contributed by atoms with Crippen molar-refractivity contribution in [2.75, 3.05) is 11.1 Å². The normalized spacial score (nSPS) is 11.9. The van der Waals surface area contributed by atoms with Crippen LogP contribution in [0, 0.1) is 15.9 Å². The van der Waals surface area contributed by atoms with Crippen LogP contribution in [0.15, 0.2) is 42.5 Å². The molecule has 1 unspecified atom stereocenters. The van der Waals surface area contributed by atoms with Crippen molar-refractivity contribution in [3.05, 3.63) is 64.0 Å². The Morgan fingerprint density at radius 2 is 1.95 bits per heavy atom. The van der Waals surface area contributed by atoms with E-state index in [1.807, 2.05) is 0 Å². The zero-order chi connectivity index (χ0) is 14.7. The van der Waals surface area contributed by atoms with Gasteiger partial charge in [0.15, 0.2) is 0 Å². The molecular formula is C14H14FN3O2. The summed E-state index contributed by atoms with van der Waals surface area (Å²) in [6.07, 6.45) is 0. The van der Waals surface area contributed by atoms with Crippen LogP contribution in [-0.2, 0) is 0 Å². The van der Waals surface area contributed by atoms with E-state index in [0.29, 0.717) is 5.56 Å². The maximum Gasteiger partial charge on any atom is 0.314 e.